The van der Waals surface area contributed by atoms with Gasteiger partial charge in [0.15, 0.2) is 0 Å². The predicted octanol–water partition coefficient (Wildman–Crippen LogP) is 3.43. The van der Waals surface area contributed by atoms with Crippen molar-refractivity contribution in [2.75, 3.05) is 13.1 Å². The van der Waals surface area contributed by atoms with Crippen LogP contribution in [0.5, 0.6) is 0 Å². The molecule has 2 heterocycles. The van der Waals surface area contributed by atoms with Crippen LogP contribution in [0, 0.1) is 0 Å². The van der Waals surface area contributed by atoms with Crippen LogP contribution in [0.4, 0.5) is 0 Å². The molecular weight excluding hydrogens is 384 g/mol. The third kappa shape index (κ3) is 3.90. The molecule has 0 bridgehead atoms. The first-order valence-electron chi connectivity index (χ1n) is 6.96. The molecule has 2 atom stereocenters. The Morgan fingerprint density at radius 2 is 1.95 bits per heavy atom. The monoisotopic (exact) mass is 400 g/mol. The zero-order chi connectivity index (χ0) is 14.8. The van der Waals surface area contributed by atoms with Gasteiger partial charge < -0.3 is 10.6 Å². The highest BCUT2D eigenvalue weighted by Gasteiger charge is 2.33. The molecule has 1 aliphatic rings. The van der Waals surface area contributed by atoms with Crippen LogP contribution in [0.1, 0.15) is 16.4 Å². The number of carbonyl (C=O) groups excluding carboxylic acids is 1. The molecule has 0 saturated carbocycles. The molecule has 1 amide bonds. The number of halogens is 2. The fourth-order valence-corrected chi connectivity index (χ4v) is 4.27. The predicted molar refractivity (Wildman–Crippen MR) is 96.7 cm³/mol. The van der Waals surface area contributed by atoms with Gasteiger partial charge in [0, 0.05) is 29.9 Å². The highest BCUT2D eigenvalue weighted by molar-refractivity contribution is 9.11. The molecule has 2 aromatic rings. The van der Waals surface area contributed by atoms with E-state index in [0.29, 0.717) is 13.0 Å². The number of nitrogens with two attached hydrogens (primary N) is 1. The molecule has 6 heteroatoms. The van der Waals surface area contributed by atoms with E-state index in [1.165, 1.54) is 5.56 Å². The number of benzene rings is 1. The minimum absolute atomic E-state index is 0. The first-order valence-corrected chi connectivity index (χ1v) is 8.57. The fourth-order valence-electron chi connectivity index (χ4n) is 2.79. The van der Waals surface area contributed by atoms with Gasteiger partial charge in [0.05, 0.1) is 10.2 Å². The van der Waals surface area contributed by atoms with Gasteiger partial charge >= 0.3 is 0 Å². The lowest BCUT2D eigenvalue weighted by Gasteiger charge is -2.16. The Kier molecular flexibility index (Phi) is 6.03. The lowest BCUT2D eigenvalue weighted by atomic mass is 9.95. The number of hydrogen-bond acceptors (Lipinski definition) is 3. The summed E-state index contributed by atoms with van der Waals surface area (Å²) in [6.45, 7) is 1.36. The maximum absolute atomic E-state index is 12.4. The molecule has 1 aromatic heterocycles. The largest absolute Gasteiger partial charge is 0.340 e. The molecule has 1 aromatic carbocycles. The van der Waals surface area contributed by atoms with Crippen LogP contribution in [0.25, 0.3) is 0 Å². The summed E-state index contributed by atoms with van der Waals surface area (Å²) in [7, 11) is 0. The van der Waals surface area contributed by atoms with Gasteiger partial charge in [-0.2, -0.15) is 0 Å². The van der Waals surface area contributed by atoms with Crippen molar-refractivity contribution >= 4 is 45.6 Å². The Morgan fingerprint density at radius 3 is 2.59 bits per heavy atom. The number of carbonyl (C=O) groups is 1. The van der Waals surface area contributed by atoms with Crippen LogP contribution in [-0.2, 0) is 11.2 Å². The van der Waals surface area contributed by atoms with Crippen molar-refractivity contribution in [1.29, 1.82) is 0 Å². The summed E-state index contributed by atoms with van der Waals surface area (Å²) in [6, 6.07) is 14.2. The number of likely N-dealkylation sites (tertiary alicyclic amines) is 1. The molecule has 1 saturated heterocycles. The van der Waals surface area contributed by atoms with Gasteiger partial charge in [-0.15, -0.1) is 23.7 Å². The van der Waals surface area contributed by atoms with Gasteiger partial charge in [0.1, 0.15) is 0 Å². The molecule has 118 valence electrons. The van der Waals surface area contributed by atoms with Gasteiger partial charge in [0.2, 0.25) is 5.91 Å². The van der Waals surface area contributed by atoms with Gasteiger partial charge in [0.25, 0.3) is 0 Å². The molecule has 1 fully saturated rings. The molecule has 22 heavy (non-hydrogen) atoms. The van der Waals surface area contributed by atoms with Crippen molar-refractivity contribution in [3.05, 3.63) is 56.7 Å². The minimum atomic E-state index is 0. The van der Waals surface area contributed by atoms with Gasteiger partial charge in [-0.1, -0.05) is 30.3 Å². The summed E-state index contributed by atoms with van der Waals surface area (Å²) in [5.41, 5.74) is 7.46. The first kappa shape index (κ1) is 17.5. The molecule has 0 aliphatic carbocycles. The van der Waals surface area contributed by atoms with Crippen molar-refractivity contribution in [2.24, 2.45) is 5.73 Å². The second kappa shape index (κ2) is 7.59. The number of amides is 1. The fraction of sp³-hybridized carbons (Fsp3) is 0.312. The summed E-state index contributed by atoms with van der Waals surface area (Å²) in [6.07, 6.45) is 0.463. The maximum atomic E-state index is 12.4. The second-order valence-electron chi connectivity index (χ2n) is 5.36. The van der Waals surface area contributed by atoms with E-state index in [2.05, 4.69) is 28.1 Å². The highest BCUT2D eigenvalue weighted by atomic mass is 79.9. The first-order chi connectivity index (χ1) is 10.1. The summed E-state index contributed by atoms with van der Waals surface area (Å²) in [4.78, 5) is 15.4. The third-order valence-electron chi connectivity index (χ3n) is 3.90. The van der Waals surface area contributed by atoms with Crippen molar-refractivity contribution in [1.82, 2.24) is 4.90 Å². The van der Waals surface area contributed by atoms with Crippen LogP contribution >= 0.6 is 39.7 Å². The normalized spacial score (nSPS) is 20.7. The van der Waals surface area contributed by atoms with E-state index < -0.39 is 0 Å². The molecule has 3 rings (SSSR count). The number of nitrogens with zero attached hydrogens (tertiary/aromatic N) is 1. The molecule has 0 unspecified atom stereocenters. The molecule has 3 nitrogen and oxygen atoms in total. The molecule has 2 N–H and O–H groups in total. The smallest absolute Gasteiger partial charge is 0.227 e. The van der Waals surface area contributed by atoms with Gasteiger partial charge in [-0.25, -0.2) is 0 Å². The van der Waals surface area contributed by atoms with Crippen LogP contribution < -0.4 is 5.73 Å². The SMILES string of the molecule is Cl.N[C@@H]1CN(C(=O)Cc2ccc(Br)s2)C[C@H]1c1ccccc1. The topological polar surface area (TPSA) is 46.3 Å². The molecular formula is C16H18BrClN2OS. The molecule has 0 radical (unpaired) electrons. The Labute approximate surface area is 149 Å². The van der Waals surface area contributed by atoms with Crippen LogP contribution in [-0.4, -0.2) is 29.9 Å². The van der Waals surface area contributed by atoms with Crippen molar-refractivity contribution in [3.8, 4) is 0 Å². The number of rotatable bonds is 3. The van der Waals surface area contributed by atoms with E-state index in [9.17, 15) is 4.79 Å². The zero-order valence-electron chi connectivity index (χ0n) is 11.9. The van der Waals surface area contributed by atoms with Crippen LogP contribution in [0.3, 0.4) is 0 Å². The van der Waals surface area contributed by atoms with Gasteiger partial charge in [-0.05, 0) is 33.6 Å². The van der Waals surface area contributed by atoms with E-state index in [-0.39, 0.29) is 30.3 Å². The highest BCUT2D eigenvalue weighted by Crippen LogP contribution is 2.28. The Bertz CT molecular complexity index is 634. The standard InChI is InChI=1S/C16H17BrN2OS.ClH/c17-15-7-6-12(21-15)8-16(20)19-9-13(14(18)10-19)11-4-2-1-3-5-11;/h1-7,13-14H,8-10,18H2;1H/t13-,14+;/m0./s1. The summed E-state index contributed by atoms with van der Waals surface area (Å²) in [5, 5.41) is 0. The number of thiophene rings is 1. The van der Waals surface area contributed by atoms with Crippen LogP contribution in [0.2, 0.25) is 0 Å². The van der Waals surface area contributed by atoms with Crippen molar-refractivity contribution in [2.45, 2.75) is 18.4 Å². The van der Waals surface area contributed by atoms with E-state index in [1.807, 2.05) is 35.2 Å². The average molecular weight is 402 g/mol. The van der Waals surface area contributed by atoms with Crippen molar-refractivity contribution in [3.63, 3.8) is 0 Å². The zero-order valence-corrected chi connectivity index (χ0v) is 15.2. The average Bonchev–Trinajstić information content (AvgIpc) is 3.06. The van der Waals surface area contributed by atoms with E-state index in [4.69, 9.17) is 5.73 Å². The third-order valence-corrected chi connectivity index (χ3v) is 5.52. The summed E-state index contributed by atoms with van der Waals surface area (Å²) < 4.78 is 1.06. The molecule has 0 spiro atoms. The Morgan fingerprint density at radius 1 is 1.23 bits per heavy atom. The maximum Gasteiger partial charge on any atom is 0.227 e. The quantitative estimate of drug-likeness (QED) is 0.856. The van der Waals surface area contributed by atoms with E-state index in [1.54, 1.807) is 11.3 Å². The van der Waals surface area contributed by atoms with Gasteiger partial charge in [-0.3, -0.25) is 4.79 Å². The van der Waals surface area contributed by atoms with E-state index in [0.717, 1.165) is 15.2 Å². The lowest BCUT2D eigenvalue weighted by molar-refractivity contribution is -0.129. The summed E-state index contributed by atoms with van der Waals surface area (Å²) in [5.74, 6) is 0.406. The Hall–Kier alpha value is -0.880. The minimum Gasteiger partial charge on any atom is -0.340 e. The molecule has 1 aliphatic heterocycles. The lowest BCUT2D eigenvalue weighted by Crippen LogP contribution is -2.32. The number of hydrogen-bond donors (Lipinski definition) is 1. The second-order valence-corrected chi connectivity index (χ2v) is 7.91. The Balaban J connectivity index is 0.00000176. The van der Waals surface area contributed by atoms with Crippen molar-refractivity contribution < 1.29 is 4.79 Å². The van der Waals surface area contributed by atoms with Crippen LogP contribution in [0.15, 0.2) is 46.3 Å². The van der Waals surface area contributed by atoms with E-state index >= 15 is 0 Å². The summed E-state index contributed by atoms with van der Waals surface area (Å²) >= 11 is 5.04.